The van der Waals surface area contributed by atoms with Crippen molar-refractivity contribution in [1.82, 2.24) is 30.3 Å². The van der Waals surface area contributed by atoms with Gasteiger partial charge < -0.3 is 42.0 Å². The van der Waals surface area contributed by atoms with Gasteiger partial charge in [-0.15, -0.1) is 0 Å². The largest absolute Gasteiger partial charge is 0.508 e. The van der Waals surface area contributed by atoms with Crippen molar-refractivity contribution in [1.29, 1.82) is 0 Å². The van der Waals surface area contributed by atoms with Gasteiger partial charge in [-0.05, 0) is 125 Å². The number of nitrogens with zero attached hydrogens (tertiary/aromatic N) is 4. The van der Waals surface area contributed by atoms with E-state index in [4.69, 9.17) is 26.7 Å². The molecule has 3 saturated carbocycles. The van der Waals surface area contributed by atoms with Gasteiger partial charge in [-0.25, -0.2) is 4.98 Å². The minimum atomic E-state index is -0.945. The molecule has 0 unspecified atom stereocenters. The van der Waals surface area contributed by atoms with E-state index < -0.39 is 29.9 Å². The first-order chi connectivity index (χ1) is 22.6. The Morgan fingerprint density at radius 1 is 1.09 bits per heavy atom. The standard InChI is InChI=1S/C34H51N9O4/c1-21-17-24(44)18-22(2)25(21)19-28(40-30(45)26(36)5-4-15-43-16-14-38-33(43)37)31(46)39-27(6-3-13-35)32-41-29(42-47-32)20-34-10-7-23(8-11-34)9-12-34/h14,16-18,23,26-28,44H,3-13,15,19-20,35-36H2,1-2H3,(H2,37,38)(H,39,46)(H,40,45)/t23?,26-,27+,28+,34?/m1/s1. The number of phenolic OH excluding ortho intramolecular Hbond substituents is 1. The zero-order valence-corrected chi connectivity index (χ0v) is 27.7. The first-order valence-corrected chi connectivity index (χ1v) is 17.0. The topological polar surface area (TPSA) is 213 Å². The first kappa shape index (κ1) is 34.4. The Balaban J connectivity index is 1.30. The molecule has 3 aromatic rings. The zero-order chi connectivity index (χ0) is 33.6. The molecule has 3 aliphatic carbocycles. The van der Waals surface area contributed by atoms with E-state index in [-0.39, 0.29) is 17.6 Å². The van der Waals surface area contributed by atoms with Crippen LogP contribution in [-0.4, -0.2) is 55.2 Å². The van der Waals surface area contributed by atoms with Crippen LogP contribution < -0.4 is 27.8 Å². The monoisotopic (exact) mass is 649 g/mol. The number of aromatic nitrogens is 4. The smallest absolute Gasteiger partial charge is 0.249 e. The molecule has 13 heteroatoms. The molecule has 9 N–H and O–H groups in total. The van der Waals surface area contributed by atoms with Gasteiger partial charge in [0.1, 0.15) is 17.8 Å². The molecule has 3 fully saturated rings. The molecule has 2 aromatic heterocycles. The fourth-order valence-corrected chi connectivity index (χ4v) is 7.40. The van der Waals surface area contributed by atoms with Gasteiger partial charge in [-0.2, -0.15) is 4.98 Å². The molecule has 47 heavy (non-hydrogen) atoms. The SMILES string of the molecule is Cc1cc(O)cc(C)c1C[C@H](NC(=O)[C@H](N)CCCn1ccnc1N)C(=O)N[C@@H](CCCN)c1nc(CC23CCC(CC2)CC3)no1. The van der Waals surface area contributed by atoms with Crippen molar-refractivity contribution < 1.29 is 19.2 Å². The first-order valence-electron chi connectivity index (χ1n) is 17.0. The van der Waals surface area contributed by atoms with Gasteiger partial charge in [0.2, 0.25) is 17.7 Å². The van der Waals surface area contributed by atoms with Crippen LogP contribution in [0.4, 0.5) is 5.95 Å². The molecule has 0 saturated heterocycles. The highest BCUT2D eigenvalue weighted by molar-refractivity contribution is 5.90. The van der Waals surface area contributed by atoms with E-state index in [2.05, 4.69) is 20.8 Å². The molecular weight excluding hydrogens is 598 g/mol. The summed E-state index contributed by atoms with van der Waals surface area (Å²) in [5, 5.41) is 20.4. The number of nitrogen functional groups attached to an aromatic ring is 1. The molecule has 13 nitrogen and oxygen atoms in total. The number of hydrogen-bond donors (Lipinski definition) is 6. The molecule has 0 spiro atoms. The molecule has 6 rings (SSSR count). The summed E-state index contributed by atoms with van der Waals surface area (Å²) in [6, 6.07) is 0.948. The summed E-state index contributed by atoms with van der Waals surface area (Å²) in [6.07, 6.45) is 13.9. The van der Waals surface area contributed by atoms with Gasteiger partial charge in [0.05, 0.1) is 6.04 Å². The fourth-order valence-electron chi connectivity index (χ4n) is 7.40. The Labute approximate surface area is 276 Å². The Kier molecular flexibility index (Phi) is 11.2. The van der Waals surface area contributed by atoms with E-state index in [1.54, 1.807) is 29.1 Å². The second-order valence-corrected chi connectivity index (χ2v) is 13.8. The molecule has 3 aliphatic rings. The highest BCUT2D eigenvalue weighted by Crippen LogP contribution is 2.51. The van der Waals surface area contributed by atoms with Crippen molar-refractivity contribution in [2.24, 2.45) is 22.8 Å². The van der Waals surface area contributed by atoms with E-state index in [0.717, 1.165) is 29.0 Å². The molecule has 256 valence electrons. The van der Waals surface area contributed by atoms with Crippen LogP contribution >= 0.6 is 0 Å². The van der Waals surface area contributed by atoms with Gasteiger partial charge in [0, 0.05) is 31.8 Å². The second-order valence-electron chi connectivity index (χ2n) is 13.8. The minimum absolute atomic E-state index is 0.143. The third kappa shape index (κ3) is 8.69. The summed E-state index contributed by atoms with van der Waals surface area (Å²) >= 11 is 0. The number of anilines is 1. The van der Waals surface area contributed by atoms with Crippen molar-refractivity contribution in [2.75, 3.05) is 12.3 Å². The van der Waals surface area contributed by atoms with Crippen molar-refractivity contribution in [2.45, 2.75) is 116 Å². The molecule has 1 aromatic carbocycles. The van der Waals surface area contributed by atoms with Crippen LogP contribution in [0.3, 0.4) is 0 Å². The quantitative estimate of drug-likeness (QED) is 0.133. The number of rotatable bonds is 16. The average molecular weight is 650 g/mol. The van der Waals surface area contributed by atoms with Crippen LogP contribution in [0.2, 0.25) is 0 Å². The number of benzene rings is 1. The van der Waals surface area contributed by atoms with Crippen molar-refractivity contribution >= 4 is 17.8 Å². The lowest BCUT2D eigenvalue weighted by Gasteiger charge is -2.46. The molecule has 0 aliphatic heterocycles. The van der Waals surface area contributed by atoms with Gasteiger partial charge in [-0.3, -0.25) is 9.59 Å². The Bertz CT molecular complexity index is 1470. The van der Waals surface area contributed by atoms with Crippen molar-refractivity contribution in [3.63, 3.8) is 0 Å². The molecule has 2 bridgehead atoms. The van der Waals surface area contributed by atoms with Crippen LogP contribution in [0.1, 0.15) is 98.7 Å². The number of carbonyl (C=O) groups is 2. The van der Waals surface area contributed by atoms with Crippen LogP contribution in [0, 0.1) is 25.2 Å². The van der Waals surface area contributed by atoms with Crippen LogP contribution in [0.5, 0.6) is 5.75 Å². The van der Waals surface area contributed by atoms with Crippen molar-refractivity contribution in [3.8, 4) is 5.75 Å². The number of phenols is 1. The van der Waals surface area contributed by atoms with E-state index in [1.807, 2.05) is 13.8 Å². The van der Waals surface area contributed by atoms with Crippen LogP contribution in [0.15, 0.2) is 29.0 Å². The highest BCUT2D eigenvalue weighted by atomic mass is 16.5. The Morgan fingerprint density at radius 2 is 1.79 bits per heavy atom. The van der Waals surface area contributed by atoms with E-state index >= 15 is 0 Å². The lowest BCUT2D eigenvalue weighted by Crippen LogP contribution is -2.53. The second kappa shape index (κ2) is 15.3. The molecular formula is C34H51N9O4. The Hall–Kier alpha value is -3.97. The van der Waals surface area contributed by atoms with E-state index in [1.165, 1.54) is 38.5 Å². The summed E-state index contributed by atoms with van der Waals surface area (Å²) in [7, 11) is 0. The maximum atomic E-state index is 14.0. The molecule has 3 atom stereocenters. The normalized spacial score (nSPS) is 20.9. The number of carbonyl (C=O) groups excluding carboxylic acids is 2. The molecule has 2 heterocycles. The van der Waals surface area contributed by atoms with Gasteiger partial charge in [0.15, 0.2) is 11.8 Å². The number of fused-ring (bicyclic) bond motifs is 3. The third-order valence-corrected chi connectivity index (χ3v) is 10.3. The number of hydrogen-bond acceptors (Lipinski definition) is 10. The van der Waals surface area contributed by atoms with E-state index in [0.29, 0.717) is 56.4 Å². The number of imidazole rings is 1. The fraction of sp³-hybridized carbons (Fsp3) is 0.618. The number of aryl methyl sites for hydroxylation is 3. The van der Waals surface area contributed by atoms with E-state index in [9.17, 15) is 14.7 Å². The number of nitrogens with one attached hydrogen (secondary N) is 2. The van der Waals surface area contributed by atoms with Gasteiger partial charge in [0.25, 0.3) is 0 Å². The maximum Gasteiger partial charge on any atom is 0.249 e. The summed E-state index contributed by atoms with van der Waals surface area (Å²) < 4.78 is 7.55. The Morgan fingerprint density at radius 3 is 2.43 bits per heavy atom. The van der Waals surface area contributed by atoms with Gasteiger partial charge >= 0.3 is 0 Å². The zero-order valence-electron chi connectivity index (χ0n) is 27.7. The summed E-state index contributed by atoms with van der Waals surface area (Å²) in [6.45, 7) is 4.74. The number of aromatic hydroxyl groups is 1. The molecule has 2 amide bonds. The van der Waals surface area contributed by atoms with Crippen LogP contribution in [0.25, 0.3) is 0 Å². The average Bonchev–Trinajstić information content (AvgIpc) is 3.69. The minimum Gasteiger partial charge on any atom is -0.508 e. The summed E-state index contributed by atoms with van der Waals surface area (Å²) in [5.74, 6) is 1.61. The van der Waals surface area contributed by atoms with Gasteiger partial charge in [-0.1, -0.05) is 5.16 Å². The lowest BCUT2D eigenvalue weighted by molar-refractivity contribution is -0.130. The number of amides is 2. The third-order valence-electron chi connectivity index (χ3n) is 10.3. The lowest BCUT2D eigenvalue weighted by atomic mass is 9.59. The number of nitrogens with two attached hydrogens (primary N) is 3. The highest BCUT2D eigenvalue weighted by Gasteiger charge is 2.41. The summed E-state index contributed by atoms with van der Waals surface area (Å²) in [4.78, 5) is 36.2. The van der Waals surface area contributed by atoms with Crippen molar-refractivity contribution in [3.05, 3.63) is 52.9 Å². The predicted octanol–water partition coefficient (Wildman–Crippen LogP) is 3.12. The van der Waals surface area contributed by atoms with Crippen LogP contribution in [-0.2, 0) is 29.0 Å². The molecule has 0 radical (unpaired) electrons. The predicted molar refractivity (Wildman–Crippen MR) is 178 cm³/mol. The maximum absolute atomic E-state index is 14.0. The summed E-state index contributed by atoms with van der Waals surface area (Å²) in [5.41, 5.74) is 20.7.